The number of fused-ring (bicyclic) bond motifs is 6. The Balaban J connectivity index is 1.12. The van der Waals surface area contributed by atoms with E-state index in [0.29, 0.717) is 23.1 Å². The van der Waals surface area contributed by atoms with E-state index in [2.05, 4.69) is 121 Å². The van der Waals surface area contributed by atoms with Gasteiger partial charge in [0.15, 0.2) is 17.5 Å². The monoisotopic (exact) mass is 717 g/mol. The van der Waals surface area contributed by atoms with Crippen LogP contribution in [-0.2, 0) is 0 Å². The molecule has 3 heterocycles. The highest BCUT2D eigenvalue weighted by atomic mass is 16.3. The van der Waals surface area contributed by atoms with Gasteiger partial charge in [-0.05, 0) is 46.5 Å². The molecule has 0 aliphatic rings. The predicted octanol–water partition coefficient (Wildman–Crippen LogP) is 13.7. The molecule has 0 aliphatic carbocycles. The quantitative estimate of drug-likeness (QED) is 0.171. The normalized spacial score (nSPS) is 11.6. The first kappa shape index (κ1) is 31.9. The molecular formula is C51H31N3O2. The Kier molecular flexibility index (Phi) is 7.42. The van der Waals surface area contributed by atoms with E-state index in [1.54, 1.807) is 0 Å². The third kappa shape index (κ3) is 5.29. The fourth-order valence-corrected chi connectivity index (χ4v) is 7.92. The zero-order valence-corrected chi connectivity index (χ0v) is 30.1. The van der Waals surface area contributed by atoms with Crippen LogP contribution in [0.25, 0.3) is 111 Å². The second-order valence-corrected chi connectivity index (χ2v) is 13.9. The van der Waals surface area contributed by atoms with Crippen LogP contribution in [0.1, 0.15) is 0 Å². The van der Waals surface area contributed by atoms with Crippen molar-refractivity contribution >= 4 is 43.9 Å². The molecule has 0 radical (unpaired) electrons. The minimum atomic E-state index is 0.539. The Morgan fingerprint density at radius 1 is 0.286 bits per heavy atom. The standard InChI is InChI=1S/C51H31N3O2/c1-4-15-32(16-5-1)35-21-12-22-36(31-35)50-52-49(34-19-8-3-9-20-34)53-51(54-50)43-27-14-26-39-38-24-13-25-40(46(38)56-47(39)43)41-30-29-37(33-17-6-2-7-18-33)45-42-23-10-11-28-44(42)55-48(41)45/h1-31H. The molecule has 0 spiro atoms. The summed E-state index contributed by atoms with van der Waals surface area (Å²) in [7, 11) is 0. The molecule has 8 aromatic carbocycles. The van der Waals surface area contributed by atoms with Crippen molar-refractivity contribution < 1.29 is 8.83 Å². The fraction of sp³-hybridized carbons (Fsp3) is 0. The van der Waals surface area contributed by atoms with Gasteiger partial charge in [-0.1, -0.05) is 164 Å². The van der Waals surface area contributed by atoms with Crippen LogP contribution < -0.4 is 0 Å². The molecule has 11 rings (SSSR count). The molecule has 56 heavy (non-hydrogen) atoms. The maximum Gasteiger partial charge on any atom is 0.167 e. The molecule has 0 atom stereocenters. The number of hydrogen-bond acceptors (Lipinski definition) is 5. The van der Waals surface area contributed by atoms with Gasteiger partial charge in [-0.15, -0.1) is 0 Å². The van der Waals surface area contributed by atoms with Crippen molar-refractivity contribution in [1.29, 1.82) is 0 Å². The summed E-state index contributed by atoms with van der Waals surface area (Å²) in [4.78, 5) is 15.3. The topological polar surface area (TPSA) is 65.0 Å². The van der Waals surface area contributed by atoms with Crippen molar-refractivity contribution in [2.75, 3.05) is 0 Å². The lowest BCUT2D eigenvalue weighted by Gasteiger charge is -2.10. The van der Waals surface area contributed by atoms with E-state index >= 15 is 0 Å². The first-order valence-corrected chi connectivity index (χ1v) is 18.7. The van der Waals surface area contributed by atoms with Gasteiger partial charge in [0.1, 0.15) is 22.3 Å². The molecule has 0 amide bonds. The van der Waals surface area contributed by atoms with Gasteiger partial charge in [-0.2, -0.15) is 0 Å². The first-order chi connectivity index (χ1) is 27.8. The van der Waals surface area contributed by atoms with Crippen LogP contribution in [-0.4, -0.2) is 15.0 Å². The summed E-state index contributed by atoms with van der Waals surface area (Å²) in [5.74, 6) is 1.72. The van der Waals surface area contributed by atoms with E-state index in [1.807, 2.05) is 66.7 Å². The zero-order valence-electron chi connectivity index (χ0n) is 30.1. The molecule has 0 saturated carbocycles. The summed E-state index contributed by atoms with van der Waals surface area (Å²) in [5, 5.41) is 4.15. The molecule has 0 bridgehead atoms. The van der Waals surface area contributed by atoms with Crippen molar-refractivity contribution in [3.05, 3.63) is 188 Å². The minimum Gasteiger partial charge on any atom is -0.455 e. The van der Waals surface area contributed by atoms with E-state index in [0.717, 1.165) is 88.4 Å². The Labute approximate surface area is 322 Å². The van der Waals surface area contributed by atoms with Crippen LogP contribution in [0.15, 0.2) is 197 Å². The smallest absolute Gasteiger partial charge is 0.167 e. The Bertz CT molecular complexity index is 3240. The largest absolute Gasteiger partial charge is 0.455 e. The van der Waals surface area contributed by atoms with Gasteiger partial charge in [0.05, 0.1) is 5.56 Å². The minimum absolute atomic E-state index is 0.539. The third-order valence-electron chi connectivity index (χ3n) is 10.6. The van der Waals surface area contributed by atoms with Gasteiger partial charge in [0, 0.05) is 43.8 Å². The molecule has 5 nitrogen and oxygen atoms in total. The van der Waals surface area contributed by atoms with Gasteiger partial charge in [0.2, 0.25) is 0 Å². The van der Waals surface area contributed by atoms with Gasteiger partial charge < -0.3 is 8.83 Å². The fourth-order valence-electron chi connectivity index (χ4n) is 7.92. The molecule has 262 valence electrons. The number of nitrogens with zero attached hydrogens (tertiary/aromatic N) is 3. The predicted molar refractivity (Wildman–Crippen MR) is 227 cm³/mol. The van der Waals surface area contributed by atoms with Crippen molar-refractivity contribution in [1.82, 2.24) is 15.0 Å². The summed E-state index contributed by atoms with van der Waals surface area (Å²) in [5.41, 5.74) is 12.2. The summed E-state index contributed by atoms with van der Waals surface area (Å²) < 4.78 is 13.7. The third-order valence-corrected chi connectivity index (χ3v) is 10.6. The second kappa shape index (κ2) is 13.0. The second-order valence-electron chi connectivity index (χ2n) is 13.9. The average molecular weight is 718 g/mol. The van der Waals surface area contributed by atoms with Gasteiger partial charge in [0.25, 0.3) is 0 Å². The van der Waals surface area contributed by atoms with E-state index in [1.165, 1.54) is 0 Å². The average Bonchev–Trinajstić information content (AvgIpc) is 3.86. The van der Waals surface area contributed by atoms with Crippen LogP contribution in [0, 0.1) is 0 Å². The Hall–Kier alpha value is -7.63. The van der Waals surface area contributed by atoms with E-state index in [4.69, 9.17) is 23.8 Å². The van der Waals surface area contributed by atoms with Gasteiger partial charge in [-0.25, -0.2) is 15.0 Å². The number of para-hydroxylation sites is 3. The highest BCUT2D eigenvalue weighted by Gasteiger charge is 2.22. The lowest BCUT2D eigenvalue weighted by atomic mass is 9.94. The lowest BCUT2D eigenvalue weighted by molar-refractivity contribution is 0.665. The van der Waals surface area contributed by atoms with Gasteiger partial charge in [-0.3, -0.25) is 0 Å². The van der Waals surface area contributed by atoms with Crippen LogP contribution in [0.3, 0.4) is 0 Å². The molecular weight excluding hydrogens is 687 g/mol. The number of benzene rings is 8. The summed E-state index contributed by atoms with van der Waals surface area (Å²) >= 11 is 0. The van der Waals surface area contributed by atoms with Crippen molar-refractivity contribution in [2.24, 2.45) is 0 Å². The Morgan fingerprint density at radius 3 is 1.54 bits per heavy atom. The summed E-state index contributed by atoms with van der Waals surface area (Å²) in [6, 6.07) is 64.4. The van der Waals surface area contributed by atoms with E-state index < -0.39 is 0 Å². The van der Waals surface area contributed by atoms with Crippen molar-refractivity contribution in [3.63, 3.8) is 0 Å². The highest BCUT2D eigenvalue weighted by molar-refractivity contribution is 6.19. The molecule has 0 saturated heterocycles. The summed E-state index contributed by atoms with van der Waals surface area (Å²) in [6.07, 6.45) is 0. The molecule has 0 N–H and O–H groups in total. The molecule has 0 aliphatic heterocycles. The van der Waals surface area contributed by atoms with Crippen molar-refractivity contribution in [2.45, 2.75) is 0 Å². The molecule has 11 aromatic rings. The van der Waals surface area contributed by atoms with E-state index in [9.17, 15) is 0 Å². The molecule has 3 aromatic heterocycles. The number of hydrogen-bond donors (Lipinski definition) is 0. The Morgan fingerprint density at radius 2 is 0.786 bits per heavy atom. The van der Waals surface area contributed by atoms with Crippen molar-refractivity contribution in [3.8, 4) is 67.5 Å². The maximum absolute atomic E-state index is 6.99. The zero-order chi connectivity index (χ0) is 37.0. The highest BCUT2D eigenvalue weighted by Crippen LogP contribution is 2.45. The van der Waals surface area contributed by atoms with Crippen LogP contribution in [0.2, 0.25) is 0 Å². The molecule has 5 heteroatoms. The number of aromatic nitrogens is 3. The van der Waals surface area contributed by atoms with Crippen LogP contribution >= 0.6 is 0 Å². The molecule has 0 unspecified atom stereocenters. The van der Waals surface area contributed by atoms with Gasteiger partial charge >= 0.3 is 0 Å². The number of furan rings is 2. The van der Waals surface area contributed by atoms with E-state index in [-0.39, 0.29) is 0 Å². The molecule has 0 fully saturated rings. The lowest BCUT2D eigenvalue weighted by Crippen LogP contribution is -2.00. The maximum atomic E-state index is 6.99. The SMILES string of the molecule is c1ccc(-c2cccc(-c3nc(-c4ccccc4)nc(-c4cccc5c4oc4c(-c6ccc(-c7ccccc7)c7c6oc6ccccc67)cccc45)n3)c2)cc1. The van der Waals surface area contributed by atoms with Crippen LogP contribution in [0.5, 0.6) is 0 Å². The van der Waals surface area contributed by atoms with Crippen LogP contribution in [0.4, 0.5) is 0 Å². The summed E-state index contributed by atoms with van der Waals surface area (Å²) in [6.45, 7) is 0. The number of rotatable bonds is 6. The first-order valence-electron chi connectivity index (χ1n) is 18.7.